The highest BCUT2D eigenvalue weighted by Crippen LogP contribution is 2.38. The molecule has 178 valence electrons. The minimum atomic E-state index is -0.565. The molecule has 9 heteroatoms. The number of carbonyl (C=O) groups excluding carboxylic acids is 2. The zero-order valence-electron chi connectivity index (χ0n) is 18.6. The van der Waals surface area contributed by atoms with Gasteiger partial charge in [0.05, 0.1) is 16.8 Å². The van der Waals surface area contributed by atoms with Crippen molar-refractivity contribution in [1.29, 1.82) is 0 Å². The lowest BCUT2D eigenvalue weighted by atomic mass is 10.1. The van der Waals surface area contributed by atoms with Gasteiger partial charge in [0, 0.05) is 4.47 Å². The van der Waals surface area contributed by atoms with E-state index < -0.39 is 11.8 Å². The molecule has 0 bridgehead atoms. The lowest BCUT2D eigenvalue weighted by Gasteiger charge is -2.29. The van der Waals surface area contributed by atoms with E-state index in [1.165, 1.54) is 11.0 Å². The fourth-order valence-electron chi connectivity index (χ4n) is 3.48. The van der Waals surface area contributed by atoms with Crippen LogP contribution < -0.4 is 19.7 Å². The van der Waals surface area contributed by atoms with Crippen molar-refractivity contribution in [1.82, 2.24) is 5.32 Å². The summed E-state index contributed by atoms with van der Waals surface area (Å²) in [6.07, 6.45) is 1.51. The van der Waals surface area contributed by atoms with Crippen LogP contribution in [0.4, 0.5) is 5.69 Å². The van der Waals surface area contributed by atoms with Gasteiger partial charge in [0.25, 0.3) is 11.8 Å². The van der Waals surface area contributed by atoms with Crippen LogP contribution in [0.3, 0.4) is 0 Å². The lowest BCUT2D eigenvalue weighted by Crippen LogP contribution is -2.54. The molecular weight excluding hydrogens is 596 g/mol. The molecule has 3 aromatic carbocycles. The van der Waals surface area contributed by atoms with Gasteiger partial charge in [0.15, 0.2) is 16.6 Å². The summed E-state index contributed by atoms with van der Waals surface area (Å²) in [6, 6.07) is 20.4. The van der Waals surface area contributed by atoms with Crippen LogP contribution in [0.2, 0.25) is 0 Å². The molecule has 3 aromatic rings. The van der Waals surface area contributed by atoms with Gasteiger partial charge in [-0.3, -0.25) is 19.8 Å². The first-order valence-corrected chi connectivity index (χ1v) is 12.7. The molecule has 4 rings (SSSR count). The quantitative estimate of drug-likeness (QED) is 0.200. The van der Waals surface area contributed by atoms with E-state index in [2.05, 4.69) is 37.2 Å². The number of nitrogens with one attached hydrogen (secondary N) is 1. The molecule has 0 atom stereocenters. The number of nitrogens with zero attached hydrogens (tertiary/aromatic N) is 1. The van der Waals surface area contributed by atoms with Gasteiger partial charge in [-0.05, 0) is 82.6 Å². The highest BCUT2D eigenvalue weighted by atomic mass is 79.9. The summed E-state index contributed by atoms with van der Waals surface area (Å²) < 4.78 is 13.2. The Bertz CT molecular complexity index is 1330. The molecule has 0 aliphatic carbocycles. The SMILES string of the molecule is CCOc1cc(C=C2C(=O)NC(=S)N(c3cccc(Br)c3)C2=O)cc(Br)c1OCc1ccccc1. The van der Waals surface area contributed by atoms with E-state index >= 15 is 0 Å². The van der Waals surface area contributed by atoms with Crippen LogP contribution >= 0.6 is 44.1 Å². The first-order valence-electron chi connectivity index (χ1n) is 10.7. The largest absolute Gasteiger partial charge is 0.490 e. The maximum Gasteiger partial charge on any atom is 0.270 e. The maximum absolute atomic E-state index is 13.3. The van der Waals surface area contributed by atoms with Crippen molar-refractivity contribution in [2.24, 2.45) is 0 Å². The van der Waals surface area contributed by atoms with Gasteiger partial charge in [-0.15, -0.1) is 0 Å². The number of anilines is 1. The smallest absolute Gasteiger partial charge is 0.270 e. The first-order chi connectivity index (χ1) is 16.9. The molecule has 35 heavy (non-hydrogen) atoms. The molecule has 1 heterocycles. The zero-order valence-corrected chi connectivity index (χ0v) is 22.6. The summed E-state index contributed by atoms with van der Waals surface area (Å²) in [5.41, 5.74) is 2.10. The molecule has 0 spiro atoms. The van der Waals surface area contributed by atoms with Crippen LogP contribution in [0.1, 0.15) is 18.1 Å². The number of ether oxygens (including phenoxy) is 2. The molecule has 0 saturated carbocycles. The first kappa shape index (κ1) is 25.1. The second-order valence-corrected chi connectivity index (χ2v) is 9.63. The Morgan fingerprint density at radius 1 is 1.00 bits per heavy atom. The molecule has 0 aromatic heterocycles. The van der Waals surface area contributed by atoms with Gasteiger partial charge in [0.2, 0.25) is 0 Å². The predicted octanol–water partition coefficient (Wildman–Crippen LogP) is 6.02. The molecule has 1 saturated heterocycles. The van der Waals surface area contributed by atoms with E-state index in [1.807, 2.05) is 43.3 Å². The zero-order chi connectivity index (χ0) is 24.9. The van der Waals surface area contributed by atoms with Crippen LogP contribution in [-0.4, -0.2) is 23.5 Å². The monoisotopic (exact) mass is 614 g/mol. The summed E-state index contributed by atoms with van der Waals surface area (Å²) in [5, 5.41) is 2.62. The molecule has 1 aliphatic heterocycles. The van der Waals surface area contributed by atoms with E-state index in [1.54, 1.807) is 30.3 Å². The van der Waals surface area contributed by atoms with E-state index in [4.69, 9.17) is 21.7 Å². The molecule has 0 radical (unpaired) electrons. The Morgan fingerprint density at radius 2 is 1.77 bits per heavy atom. The molecule has 1 aliphatic rings. The Kier molecular flexibility index (Phi) is 8.00. The van der Waals surface area contributed by atoms with Crippen molar-refractivity contribution in [2.75, 3.05) is 11.5 Å². The fraction of sp³-hybridized carbons (Fsp3) is 0.115. The van der Waals surface area contributed by atoms with Gasteiger partial charge in [-0.25, -0.2) is 0 Å². The summed E-state index contributed by atoms with van der Waals surface area (Å²) in [5.74, 6) is -0.0537. The normalized spacial score (nSPS) is 14.8. The minimum Gasteiger partial charge on any atom is -0.490 e. The van der Waals surface area contributed by atoms with Crippen molar-refractivity contribution in [3.8, 4) is 11.5 Å². The Balaban J connectivity index is 1.67. The van der Waals surface area contributed by atoms with E-state index in [9.17, 15) is 9.59 Å². The van der Waals surface area contributed by atoms with E-state index in [0.29, 0.717) is 40.4 Å². The third kappa shape index (κ3) is 5.80. The Labute approximate surface area is 225 Å². The van der Waals surface area contributed by atoms with Gasteiger partial charge < -0.3 is 9.47 Å². The van der Waals surface area contributed by atoms with Crippen LogP contribution in [-0.2, 0) is 16.2 Å². The third-order valence-corrected chi connectivity index (χ3v) is 6.40. The van der Waals surface area contributed by atoms with Crippen molar-refractivity contribution in [3.05, 3.63) is 92.4 Å². The number of halogens is 2. The number of hydrogen-bond acceptors (Lipinski definition) is 5. The Hall–Kier alpha value is -3.01. The molecular formula is C26H20Br2N2O4S. The highest BCUT2D eigenvalue weighted by molar-refractivity contribution is 9.10. The van der Waals surface area contributed by atoms with Gasteiger partial charge in [0.1, 0.15) is 12.2 Å². The van der Waals surface area contributed by atoms with Gasteiger partial charge >= 0.3 is 0 Å². The summed E-state index contributed by atoms with van der Waals surface area (Å²) in [7, 11) is 0. The van der Waals surface area contributed by atoms with Crippen molar-refractivity contribution in [2.45, 2.75) is 13.5 Å². The highest BCUT2D eigenvalue weighted by Gasteiger charge is 2.34. The number of amides is 2. The van der Waals surface area contributed by atoms with Gasteiger partial charge in [-0.2, -0.15) is 0 Å². The molecule has 1 fully saturated rings. The van der Waals surface area contributed by atoms with Crippen molar-refractivity contribution >= 4 is 72.8 Å². The van der Waals surface area contributed by atoms with Crippen LogP contribution in [0.5, 0.6) is 11.5 Å². The third-order valence-electron chi connectivity index (χ3n) is 5.04. The van der Waals surface area contributed by atoms with Crippen molar-refractivity contribution in [3.63, 3.8) is 0 Å². The second-order valence-electron chi connectivity index (χ2n) is 7.47. The average molecular weight is 616 g/mol. The molecule has 0 unspecified atom stereocenters. The standard InChI is InChI=1S/C26H20Br2N2O4S/c1-2-33-22-13-17(12-21(28)23(22)34-15-16-7-4-3-5-8-16)11-20-24(31)29-26(35)30(25(20)32)19-10-6-9-18(27)14-19/h3-14H,2,15H2,1H3,(H,29,31,35). The van der Waals surface area contributed by atoms with E-state index in [0.717, 1.165) is 10.0 Å². The number of rotatable bonds is 7. The molecule has 1 N–H and O–H groups in total. The number of carbonyl (C=O) groups is 2. The molecule has 2 amide bonds. The summed E-state index contributed by atoms with van der Waals surface area (Å²) in [6.45, 7) is 2.65. The topological polar surface area (TPSA) is 67.9 Å². The Morgan fingerprint density at radius 3 is 2.49 bits per heavy atom. The fourth-order valence-corrected chi connectivity index (χ4v) is 4.72. The van der Waals surface area contributed by atoms with Crippen LogP contribution in [0, 0.1) is 0 Å². The number of benzene rings is 3. The van der Waals surface area contributed by atoms with Crippen LogP contribution in [0.25, 0.3) is 6.08 Å². The summed E-state index contributed by atoms with van der Waals surface area (Å²) >= 11 is 12.2. The van der Waals surface area contributed by atoms with Gasteiger partial charge in [-0.1, -0.05) is 52.3 Å². The second kappa shape index (κ2) is 11.2. The number of hydrogen-bond donors (Lipinski definition) is 1. The lowest BCUT2D eigenvalue weighted by molar-refractivity contribution is -0.122. The van der Waals surface area contributed by atoms with Crippen molar-refractivity contribution < 1.29 is 19.1 Å². The predicted molar refractivity (Wildman–Crippen MR) is 146 cm³/mol. The van der Waals surface area contributed by atoms with Crippen LogP contribution in [0.15, 0.2) is 81.2 Å². The minimum absolute atomic E-state index is 0.0242. The molecule has 6 nitrogen and oxygen atoms in total. The summed E-state index contributed by atoms with van der Waals surface area (Å²) in [4.78, 5) is 27.3. The number of thiocarbonyl (C=S) groups is 1. The maximum atomic E-state index is 13.3. The van der Waals surface area contributed by atoms with E-state index in [-0.39, 0.29) is 10.7 Å². The average Bonchev–Trinajstić information content (AvgIpc) is 2.82.